The summed E-state index contributed by atoms with van der Waals surface area (Å²) >= 11 is 0. The first-order chi connectivity index (χ1) is 9.20. The molecule has 19 heavy (non-hydrogen) atoms. The van der Waals surface area contributed by atoms with Crippen LogP contribution in [0.3, 0.4) is 0 Å². The van der Waals surface area contributed by atoms with Crippen molar-refractivity contribution in [3.63, 3.8) is 0 Å². The van der Waals surface area contributed by atoms with Gasteiger partial charge in [-0.05, 0) is 24.1 Å². The lowest BCUT2D eigenvalue weighted by Crippen LogP contribution is -2.45. The van der Waals surface area contributed by atoms with E-state index in [1.54, 1.807) is 12.1 Å². The van der Waals surface area contributed by atoms with Crippen molar-refractivity contribution in [3.8, 4) is 11.5 Å². The Hall–Kier alpha value is -1.26. The number of nitrogens with zero attached hydrogens (tertiary/aromatic N) is 1. The summed E-state index contributed by atoms with van der Waals surface area (Å²) in [6.45, 7) is 6.24. The molecule has 1 saturated heterocycles. The van der Waals surface area contributed by atoms with Crippen molar-refractivity contribution in [1.82, 2.24) is 10.2 Å². The number of hydrogen-bond donors (Lipinski definition) is 3. The minimum Gasteiger partial charge on any atom is -0.508 e. The lowest BCUT2D eigenvalue weighted by Gasteiger charge is -2.35. The highest BCUT2D eigenvalue weighted by atomic mass is 16.3. The first-order valence-corrected chi connectivity index (χ1v) is 7.18. The topological polar surface area (TPSA) is 55.7 Å². The van der Waals surface area contributed by atoms with Gasteiger partial charge >= 0.3 is 0 Å². The number of benzene rings is 1. The van der Waals surface area contributed by atoms with Gasteiger partial charge in [-0.2, -0.15) is 0 Å². The van der Waals surface area contributed by atoms with Crippen LogP contribution in [-0.4, -0.2) is 41.3 Å². The SMILES string of the molecule is CCCC[C@@H](c1cc(O)cc(O)c1)N1CCNCC1. The summed E-state index contributed by atoms with van der Waals surface area (Å²) in [7, 11) is 0. The third-order valence-corrected chi connectivity index (χ3v) is 3.73. The molecule has 1 aromatic rings. The summed E-state index contributed by atoms with van der Waals surface area (Å²) in [6, 6.07) is 5.24. The Labute approximate surface area is 115 Å². The molecule has 0 saturated carbocycles. The molecule has 0 amide bonds. The molecule has 1 aliphatic rings. The minimum atomic E-state index is 0.145. The van der Waals surface area contributed by atoms with Crippen LogP contribution in [0.2, 0.25) is 0 Å². The monoisotopic (exact) mass is 264 g/mol. The van der Waals surface area contributed by atoms with Crippen molar-refractivity contribution in [2.75, 3.05) is 26.2 Å². The first kappa shape index (κ1) is 14.2. The van der Waals surface area contributed by atoms with Gasteiger partial charge < -0.3 is 15.5 Å². The van der Waals surface area contributed by atoms with Gasteiger partial charge in [0, 0.05) is 38.3 Å². The van der Waals surface area contributed by atoms with Crippen LogP contribution in [0.1, 0.15) is 37.8 Å². The number of rotatable bonds is 5. The predicted molar refractivity (Wildman–Crippen MR) is 76.5 cm³/mol. The van der Waals surface area contributed by atoms with Crippen molar-refractivity contribution < 1.29 is 10.2 Å². The van der Waals surface area contributed by atoms with Gasteiger partial charge in [0.1, 0.15) is 11.5 Å². The average Bonchev–Trinajstić information content (AvgIpc) is 2.39. The number of nitrogens with one attached hydrogen (secondary N) is 1. The molecule has 4 nitrogen and oxygen atoms in total. The number of phenolic OH excluding ortho intramolecular Hbond substituents is 2. The highest BCUT2D eigenvalue weighted by Gasteiger charge is 2.22. The molecule has 0 bridgehead atoms. The van der Waals surface area contributed by atoms with Crippen molar-refractivity contribution in [2.24, 2.45) is 0 Å². The summed E-state index contributed by atoms with van der Waals surface area (Å²) in [5.74, 6) is 0.290. The van der Waals surface area contributed by atoms with Gasteiger partial charge in [-0.15, -0.1) is 0 Å². The van der Waals surface area contributed by atoms with Crippen LogP contribution in [0, 0.1) is 0 Å². The summed E-state index contributed by atoms with van der Waals surface area (Å²) < 4.78 is 0. The molecular weight excluding hydrogens is 240 g/mol. The van der Waals surface area contributed by atoms with E-state index in [2.05, 4.69) is 17.1 Å². The number of hydrogen-bond acceptors (Lipinski definition) is 4. The Morgan fingerprint density at radius 1 is 1.16 bits per heavy atom. The van der Waals surface area contributed by atoms with Crippen molar-refractivity contribution in [1.29, 1.82) is 0 Å². The van der Waals surface area contributed by atoms with Gasteiger partial charge in [0.25, 0.3) is 0 Å². The molecule has 1 fully saturated rings. The van der Waals surface area contributed by atoms with Crippen LogP contribution in [0.4, 0.5) is 0 Å². The summed E-state index contributed by atoms with van der Waals surface area (Å²) in [4.78, 5) is 2.44. The number of piperazine rings is 1. The molecule has 1 aromatic carbocycles. The van der Waals surface area contributed by atoms with Crippen molar-refractivity contribution in [3.05, 3.63) is 23.8 Å². The van der Waals surface area contributed by atoms with Gasteiger partial charge in [-0.3, -0.25) is 4.90 Å². The molecule has 0 aliphatic carbocycles. The van der Waals surface area contributed by atoms with E-state index in [1.165, 1.54) is 6.07 Å². The zero-order valence-electron chi connectivity index (χ0n) is 11.6. The van der Waals surface area contributed by atoms with Crippen LogP contribution in [0.15, 0.2) is 18.2 Å². The summed E-state index contributed by atoms with van der Waals surface area (Å²) in [5, 5.41) is 22.7. The zero-order chi connectivity index (χ0) is 13.7. The molecule has 3 N–H and O–H groups in total. The average molecular weight is 264 g/mol. The highest BCUT2D eigenvalue weighted by molar-refractivity contribution is 5.38. The van der Waals surface area contributed by atoms with E-state index in [4.69, 9.17) is 0 Å². The second-order valence-electron chi connectivity index (χ2n) is 5.23. The van der Waals surface area contributed by atoms with E-state index in [1.807, 2.05) is 0 Å². The maximum atomic E-state index is 9.68. The summed E-state index contributed by atoms with van der Waals surface area (Å²) in [5.41, 5.74) is 1.02. The fourth-order valence-electron chi connectivity index (χ4n) is 2.76. The molecule has 0 spiro atoms. The normalized spacial score (nSPS) is 18.4. The van der Waals surface area contributed by atoms with Gasteiger partial charge in [-0.1, -0.05) is 19.8 Å². The molecule has 4 heteroatoms. The molecule has 1 aliphatic heterocycles. The van der Waals surface area contributed by atoms with Gasteiger partial charge in [0.15, 0.2) is 0 Å². The van der Waals surface area contributed by atoms with Gasteiger partial charge in [0.05, 0.1) is 0 Å². The van der Waals surface area contributed by atoms with Crippen LogP contribution >= 0.6 is 0 Å². The van der Waals surface area contributed by atoms with Gasteiger partial charge in [0.2, 0.25) is 0 Å². The van der Waals surface area contributed by atoms with Crippen LogP contribution in [0.25, 0.3) is 0 Å². The Morgan fingerprint density at radius 3 is 2.37 bits per heavy atom. The smallest absolute Gasteiger partial charge is 0.119 e. The molecule has 0 aromatic heterocycles. The maximum absolute atomic E-state index is 9.68. The van der Waals surface area contributed by atoms with Gasteiger partial charge in [-0.25, -0.2) is 0 Å². The van der Waals surface area contributed by atoms with Crippen LogP contribution < -0.4 is 5.32 Å². The van der Waals surface area contributed by atoms with Crippen LogP contribution in [-0.2, 0) is 0 Å². The second-order valence-corrected chi connectivity index (χ2v) is 5.23. The Kier molecular flexibility index (Phi) is 5.05. The molecule has 0 radical (unpaired) electrons. The predicted octanol–water partition coefficient (Wildman–Crippen LogP) is 2.23. The van der Waals surface area contributed by atoms with Crippen molar-refractivity contribution >= 4 is 0 Å². The number of unbranched alkanes of at least 4 members (excludes halogenated alkanes) is 1. The third kappa shape index (κ3) is 3.85. The fourth-order valence-corrected chi connectivity index (χ4v) is 2.76. The van der Waals surface area contributed by atoms with E-state index in [0.29, 0.717) is 6.04 Å². The standard InChI is InChI=1S/C15H24N2O2/c1-2-3-4-15(17-7-5-16-6-8-17)12-9-13(18)11-14(19)10-12/h9-11,15-16,18-19H,2-8H2,1H3/t15-/m0/s1. The highest BCUT2D eigenvalue weighted by Crippen LogP contribution is 2.31. The summed E-state index contributed by atoms with van der Waals surface area (Å²) in [6.07, 6.45) is 3.39. The fraction of sp³-hybridized carbons (Fsp3) is 0.600. The van der Waals surface area contributed by atoms with E-state index in [9.17, 15) is 10.2 Å². The van der Waals surface area contributed by atoms with E-state index >= 15 is 0 Å². The molecule has 106 valence electrons. The third-order valence-electron chi connectivity index (χ3n) is 3.73. The van der Waals surface area contributed by atoms with E-state index in [-0.39, 0.29) is 11.5 Å². The molecule has 1 atom stereocenters. The quantitative estimate of drug-likeness (QED) is 0.763. The van der Waals surface area contributed by atoms with E-state index < -0.39 is 0 Å². The Balaban J connectivity index is 2.19. The zero-order valence-corrected chi connectivity index (χ0v) is 11.6. The van der Waals surface area contributed by atoms with Crippen LogP contribution in [0.5, 0.6) is 11.5 Å². The first-order valence-electron chi connectivity index (χ1n) is 7.18. The molecule has 0 unspecified atom stereocenters. The molecule has 1 heterocycles. The van der Waals surface area contributed by atoms with E-state index in [0.717, 1.165) is 51.0 Å². The molecular formula is C15H24N2O2. The largest absolute Gasteiger partial charge is 0.508 e. The molecule has 2 rings (SSSR count). The Morgan fingerprint density at radius 2 is 1.79 bits per heavy atom. The lowest BCUT2D eigenvalue weighted by molar-refractivity contribution is 0.163. The maximum Gasteiger partial charge on any atom is 0.119 e. The number of aromatic hydroxyl groups is 2. The second kappa shape index (κ2) is 6.78. The lowest BCUT2D eigenvalue weighted by atomic mass is 9.98. The Bertz CT molecular complexity index is 383. The van der Waals surface area contributed by atoms with Crippen molar-refractivity contribution in [2.45, 2.75) is 32.2 Å². The minimum absolute atomic E-state index is 0.145. The number of phenols is 2.